The molecule has 0 saturated carbocycles. The molecule has 0 aliphatic carbocycles. The molecule has 0 radical (unpaired) electrons. The van der Waals surface area contributed by atoms with E-state index in [2.05, 4.69) is 6.07 Å². The molecule has 1 fully saturated rings. The van der Waals surface area contributed by atoms with Crippen LogP contribution in [0.25, 0.3) is 0 Å². The topological polar surface area (TPSA) is 43.2 Å². The Labute approximate surface area is 148 Å². The summed E-state index contributed by atoms with van der Waals surface area (Å²) in [6.45, 7) is 4.36. The Balaban J connectivity index is 1.56. The van der Waals surface area contributed by atoms with Crippen molar-refractivity contribution in [2.75, 3.05) is 40.4 Å². The minimum atomic E-state index is 0.0963. The lowest BCUT2D eigenvalue weighted by Gasteiger charge is -2.32. The second kappa shape index (κ2) is 8.03. The number of piperazine rings is 1. The maximum atomic E-state index is 12.6. The number of quaternary nitrogens is 1. The standard InChI is InChI=1S/C20H24N2O3/c1-24-18-9-7-16(8-10-18)20(23)22-13-11-21(12-14-22)15-17-5-3-4-6-19(17)25-2/h3-10H,11-15H2,1-2H3/p+1. The molecule has 2 aromatic carbocycles. The van der Waals surface area contributed by atoms with E-state index in [1.165, 1.54) is 10.5 Å². The molecule has 0 spiro atoms. The normalized spacial score (nSPS) is 15.0. The van der Waals surface area contributed by atoms with E-state index in [9.17, 15) is 4.79 Å². The predicted molar refractivity (Wildman–Crippen MR) is 96.3 cm³/mol. The second-order valence-corrected chi connectivity index (χ2v) is 6.26. The van der Waals surface area contributed by atoms with Crippen molar-refractivity contribution in [1.82, 2.24) is 4.90 Å². The van der Waals surface area contributed by atoms with Gasteiger partial charge in [-0.25, -0.2) is 0 Å². The number of carbonyl (C=O) groups excluding carboxylic acids is 1. The Morgan fingerprint density at radius 3 is 2.32 bits per heavy atom. The van der Waals surface area contributed by atoms with Crippen LogP contribution in [0.4, 0.5) is 0 Å². The highest BCUT2D eigenvalue weighted by atomic mass is 16.5. The van der Waals surface area contributed by atoms with Crippen molar-refractivity contribution < 1.29 is 19.2 Å². The van der Waals surface area contributed by atoms with E-state index >= 15 is 0 Å². The first-order chi connectivity index (χ1) is 12.2. The lowest BCUT2D eigenvalue weighted by molar-refractivity contribution is -0.917. The zero-order chi connectivity index (χ0) is 17.6. The fourth-order valence-corrected chi connectivity index (χ4v) is 3.24. The van der Waals surface area contributed by atoms with E-state index in [0.29, 0.717) is 5.56 Å². The highest BCUT2D eigenvalue weighted by Crippen LogP contribution is 2.16. The third-order valence-corrected chi connectivity index (χ3v) is 4.73. The second-order valence-electron chi connectivity index (χ2n) is 6.26. The molecule has 3 rings (SSSR count). The van der Waals surface area contributed by atoms with Crippen LogP contribution in [0.15, 0.2) is 48.5 Å². The molecule has 132 valence electrons. The number of ether oxygens (including phenoxy) is 2. The van der Waals surface area contributed by atoms with E-state index in [1.54, 1.807) is 14.2 Å². The Bertz CT molecular complexity index is 707. The summed E-state index contributed by atoms with van der Waals surface area (Å²) in [5.74, 6) is 1.80. The van der Waals surface area contributed by atoms with E-state index in [1.807, 2.05) is 47.4 Å². The number of para-hydroxylation sites is 1. The van der Waals surface area contributed by atoms with Crippen LogP contribution in [0.5, 0.6) is 11.5 Å². The molecule has 1 amide bonds. The van der Waals surface area contributed by atoms with Gasteiger partial charge in [-0.3, -0.25) is 4.79 Å². The minimum absolute atomic E-state index is 0.0963. The molecule has 0 unspecified atom stereocenters. The van der Waals surface area contributed by atoms with Gasteiger partial charge < -0.3 is 19.3 Å². The first-order valence-electron chi connectivity index (χ1n) is 8.60. The largest absolute Gasteiger partial charge is 0.497 e. The van der Waals surface area contributed by atoms with Crippen molar-refractivity contribution in [2.45, 2.75) is 6.54 Å². The van der Waals surface area contributed by atoms with E-state index < -0.39 is 0 Å². The van der Waals surface area contributed by atoms with Gasteiger partial charge in [0.2, 0.25) is 0 Å². The zero-order valence-electron chi connectivity index (χ0n) is 14.8. The van der Waals surface area contributed by atoms with Gasteiger partial charge in [0.05, 0.1) is 40.4 Å². The smallest absolute Gasteiger partial charge is 0.254 e. The quantitative estimate of drug-likeness (QED) is 0.890. The third-order valence-electron chi connectivity index (χ3n) is 4.73. The van der Waals surface area contributed by atoms with Gasteiger partial charge >= 0.3 is 0 Å². The number of nitrogens with one attached hydrogen (secondary N) is 1. The highest BCUT2D eigenvalue weighted by molar-refractivity contribution is 5.94. The first-order valence-corrected chi connectivity index (χ1v) is 8.60. The van der Waals surface area contributed by atoms with Crippen LogP contribution < -0.4 is 14.4 Å². The molecule has 1 saturated heterocycles. The maximum Gasteiger partial charge on any atom is 0.254 e. The molecule has 1 aliphatic rings. The molecule has 5 nitrogen and oxygen atoms in total. The molecule has 0 bridgehead atoms. The average molecular weight is 341 g/mol. The predicted octanol–water partition coefficient (Wildman–Crippen LogP) is 1.24. The molecular formula is C20H25N2O3+. The van der Waals surface area contributed by atoms with Gasteiger partial charge in [0.25, 0.3) is 5.91 Å². The molecule has 2 aromatic rings. The van der Waals surface area contributed by atoms with Gasteiger partial charge in [-0.05, 0) is 36.4 Å². The van der Waals surface area contributed by atoms with Crippen LogP contribution >= 0.6 is 0 Å². The number of hydrogen-bond acceptors (Lipinski definition) is 3. The summed E-state index contributed by atoms with van der Waals surface area (Å²) in [4.78, 5) is 16.0. The van der Waals surface area contributed by atoms with Gasteiger partial charge in [0.15, 0.2) is 0 Å². The number of rotatable bonds is 5. The summed E-state index contributed by atoms with van der Waals surface area (Å²) in [7, 11) is 3.33. The Morgan fingerprint density at radius 2 is 1.68 bits per heavy atom. The van der Waals surface area contributed by atoms with Gasteiger partial charge in [-0.15, -0.1) is 0 Å². The number of amides is 1. The molecule has 5 heteroatoms. The van der Waals surface area contributed by atoms with Crippen LogP contribution in [-0.2, 0) is 6.54 Å². The van der Waals surface area contributed by atoms with Crippen molar-refractivity contribution >= 4 is 5.91 Å². The highest BCUT2D eigenvalue weighted by Gasteiger charge is 2.25. The number of hydrogen-bond donors (Lipinski definition) is 1. The zero-order valence-corrected chi connectivity index (χ0v) is 14.8. The van der Waals surface area contributed by atoms with Gasteiger partial charge in [0, 0.05) is 11.1 Å². The van der Waals surface area contributed by atoms with Crippen molar-refractivity contribution in [2.24, 2.45) is 0 Å². The van der Waals surface area contributed by atoms with Gasteiger partial charge in [-0.1, -0.05) is 12.1 Å². The van der Waals surface area contributed by atoms with Crippen LogP contribution in [0.2, 0.25) is 0 Å². The van der Waals surface area contributed by atoms with Crippen LogP contribution in [0, 0.1) is 0 Å². The monoisotopic (exact) mass is 341 g/mol. The van der Waals surface area contributed by atoms with Crippen LogP contribution in [0.3, 0.4) is 0 Å². The molecule has 1 heterocycles. The number of nitrogens with zero attached hydrogens (tertiary/aromatic N) is 1. The molecular weight excluding hydrogens is 316 g/mol. The Hall–Kier alpha value is -2.53. The van der Waals surface area contributed by atoms with E-state index in [0.717, 1.165) is 44.2 Å². The average Bonchev–Trinajstić information content (AvgIpc) is 2.68. The Morgan fingerprint density at radius 1 is 1.00 bits per heavy atom. The number of carbonyl (C=O) groups is 1. The fourth-order valence-electron chi connectivity index (χ4n) is 3.24. The van der Waals surface area contributed by atoms with Crippen molar-refractivity contribution in [1.29, 1.82) is 0 Å². The molecule has 0 aromatic heterocycles. The van der Waals surface area contributed by atoms with Crippen molar-refractivity contribution in [3.8, 4) is 11.5 Å². The maximum absolute atomic E-state index is 12.6. The molecule has 1 N–H and O–H groups in total. The van der Waals surface area contributed by atoms with Crippen molar-refractivity contribution in [3.05, 3.63) is 59.7 Å². The van der Waals surface area contributed by atoms with Crippen molar-refractivity contribution in [3.63, 3.8) is 0 Å². The lowest BCUT2D eigenvalue weighted by atomic mass is 10.1. The Kier molecular flexibility index (Phi) is 5.56. The summed E-state index contributed by atoms with van der Waals surface area (Å²) >= 11 is 0. The van der Waals surface area contributed by atoms with Gasteiger partial charge in [0.1, 0.15) is 18.0 Å². The summed E-state index contributed by atoms with van der Waals surface area (Å²) in [5, 5.41) is 0. The summed E-state index contributed by atoms with van der Waals surface area (Å²) in [5.41, 5.74) is 1.93. The minimum Gasteiger partial charge on any atom is -0.497 e. The molecule has 1 aliphatic heterocycles. The summed E-state index contributed by atoms with van der Waals surface area (Å²) < 4.78 is 10.6. The van der Waals surface area contributed by atoms with E-state index in [4.69, 9.17) is 9.47 Å². The van der Waals surface area contributed by atoms with Crippen LogP contribution in [0.1, 0.15) is 15.9 Å². The summed E-state index contributed by atoms with van der Waals surface area (Å²) in [6.07, 6.45) is 0. The van der Waals surface area contributed by atoms with Crippen LogP contribution in [-0.4, -0.2) is 51.2 Å². The SMILES string of the molecule is COc1ccc(C(=O)N2CC[NH+](Cc3ccccc3OC)CC2)cc1. The first kappa shape index (κ1) is 17.3. The summed E-state index contributed by atoms with van der Waals surface area (Å²) in [6, 6.07) is 15.5. The third kappa shape index (κ3) is 4.12. The molecule has 0 atom stereocenters. The number of methoxy groups -OCH3 is 2. The number of benzene rings is 2. The fraction of sp³-hybridized carbons (Fsp3) is 0.350. The lowest BCUT2D eigenvalue weighted by Crippen LogP contribution is -3.13. The van der Waals surface area contributed by atoms with E-state index in [-0.39, 0.29) is 5.91 Å². The molecule has 25 heavy (non-hydrogen) atoms. The van der Waals surface area contributed by atoms with Gasteiger partial charge in [-0.2, -0.15) is 0 Å².